The molecular weight excluding hydrogens is 297 g/mol. The molecule has 1 amide bonds. The summed E-state index contributed by atoms with van der Waals surface area (Å²) in [6, 6.07) is 9.33. The molecule has 1 saturated carbocycles. The fraction of sp³-hybridized carbons (Fsp3) is 0.471. The molecule has 1 aliphatic heterocycles. The zero-order chi connectivity index (χ0) is 15.9. The van der Waals surface area contributed by atoms with E-state index in [0.29, 0.717) is 25.2 Å². The summed E-state index contributed by atoms with van der Waals surface area (Å²) in [4.78, 5) is 18.1. The molecule has 6 heteroatoms. The molecule has 0 spiro atoms. The molecule has 2 aromatic rings. The van der Waals surface area contributed by atoms with Gasteiger partial charge in [0, 0.05) is 18.0 Å². The van der Waals surface area contributed by atoms with E-state index in [-0.39, 0.29) is 24.3 Å². The molecule has 2 heterocycles. The summed E-state index contributed by atoms with van der Waals surface area (Å²) in [6.45, 7) is 0.624. The minimum Gasteiger partial charge on any atom is -0.339 e. The van der Waals surface area contributed by atoms with Crippen LogP contribution >= 0.6 is 0 Å². The molecular formula is C17H18FN3O2. The lowest BCUT2D eigenvalue weighted by atomic mass is 9.94. The number of likely N-dealkylation sites (tertiary alicyclic amines) is 1. The number of alkyl halides is 1. The monoisotopic (exact) mass is 315 g/mol. The van der Waals surface area contributed by atoms with Gasteiger partial charge in [-0.25, -0.2) is 4.39 Å². The molecule has 1 aliphatic carbocycles. The number of halogens is 1. The molecule has 1 aromatic heterocycles. The maximum Gasteiger partial charge on any atom is 0.266 e. The summed E-state index contributed by atoms with van der Waals surface area (Å²) in [6.07, 6.45) is 2.76. The average molecular weight is 315 g/mol. The number of amides is 1. The van der Waals surface area contributed by atoms with E-state index >= 15 is 4.39 Å². The van der Waals surface area contributed by atoms with Crippen LogP contribution in [0.5, 0.6) is 0 Å². The number of carbonyl (C=O) groups is 1. The Hall–Kier alpha value is -2.24. The van der Waals surface area contributed by atoms with Crippen LogP contribution in [0.15, 0.2) is 34.9 Å². The first-order chi connectivity index (χ1) is 11.2. The molecule has 1 saturated heterocycles. The van der Waals surface area contributed by atoms with Crippen molar-refractivity contribution in [3.05, 3.63) is 36.2 Å². The number of nitrogens with zero attached hydrogens (tertiary/aromatic N) is 3. The number of hydrogen-bond acceptors (Lipinski definition) is 4. The van der Waals surface area contributed by atoms with Crippen LogP contribution in [-0.4, -0.2) is 34.0 Å². The van der Waals surface area contributed by atoms with Gasteiger partial charge < -0.3 is 9.42 Å². The third-order valence-corrected chi connectivity index (χ3v) is 4.52. The fourth-order valence-electron chi connectivity index (χ4n) is 3.07. The Morgan fingerprint density at radius 3 is 2.83 bits per heavy atom. The lowest BCUT2D eigenvalue weighted by molar-refractivity contribution is -0.137. The first-order valence-electron chi connectivity index (χ1n) is 8.03. The van der Waals surface area contributed by atoms with Gasteiger partial charge in [0.1, 0.15) is 0 Å². The highest BCUT2D eigenvalue weighted by atomic mass is 19.1. The molecule has 1 unspecified atom stereocenters. The van der Waals surface area contributed by atoms with Crippen molar-refractivity contribution >= 4 is 5.91 Å². The third-order valence-electron chi connectivity index (χ3n) is 4.52. The van der Waals surface area contributed by atoms with Crippen molar-refractivity contribution in [1.29, 1.82) is 0 Å². The molecule has 0 radical (unpaired) electrons. The molecule has 4 rings (SSSR count). The van der Waals surface area contributed by atoms with Crippen LogP contribution in [0.3, 0.4) is 0 Å². The van der Waals surface area contributed by atoms with Crippen molar-refractivity contribution in [2.75, 3.05) is 13.1 Å². The molecule has 120 valence electrons. The Balaban J connectivity index is 1.56. The Morgan fingerprint density at radius 1 is 1.30 bits per heavy atom. The van der Waals surface area contributed by atoms with Crippen molar-refractivity contribution < 1.29 is 13.7 Å². The van der Waals surface area contributed by atoms with Gasteiger partial charge in [0.15, 0.2) is 0 Å². The molecule has 2 aliphatic rings. The van der Waals surface area contributed by atoms with Crippen molar-refractivity contribution in [2.24, 2.45) is 5.92 Å². The molecule has 0 N–H and O–H groups in total. The van der Waals surface area contributed by atoms with Crippen molar-refractivity contribution in [1.82, 2.24) is 15.0 Å². The van der Waals surface area contributed by atoms with E-state index in [2.05, 4.69) is 10.1 Å². The number of benzene rings is 1. The van der Waals surface area contributed by atoms with Crippen molar-refractivity contribution in [3.63, 3.8) is 0 Å². The van der Waals surface area contributed by atoms with Gasteiger partial charge in [0.05, 0.1) is 6.54 Å². The van der Waals surface area contributed by atoms with E-state index in [1.807, 2.05) is 30.3 Å². The summed E-state index contributed by atoms with van der Waals surface area (Å²) < 4.78 is 20.5. The largest absolute Gasteiger partial charge is 0.339 e. The molecule has 5 nitrogen and oxygen atoms in total. The molecule has 0 bridgehead atoms. The van der Waals surface area contributed by atoms with E-state index in [0.717, 1.165) is 18.4 Å². The van der Waals surface area contributed by atoms with Crippen molar-refractivity contribution in [2.45, 2.75) is 31.4 Å². The van der Waals surface area contributed by atoms with Crippen LogP contribution in [-0.2, 0) is 10.5 Å². The number of aromatic nitrogens is 2. The molecule has 2 fully saturated rings. The summed E-state index contributed by atoms with van der Waals surface area (Å²) in [5.74, 6) is 0.516. The Bertz CT molecular complexity index is 714. The Labute approximate surface area is 133 Å². The maximum absolute atomic E-state index is 15.3. The summed E-state index contributed by atoms with van der Waals surface area (Å²) in [7, 11) is 0. The minimum atomic E-state index is -1.75. The van der Waals surface area contributed by atoms with Crippen LogP contribution in [0.4, 0.5) is 4.39 Å². The second-order valence-corrected chi connectivity index (χ2v) is 6.39. The number of piperidine rings is 1. The average Bonchev–Trinajstić information content (AvgIpc) is 3.30. The Morgan fingerprint density at radius 2 is 2.09 bits per heavy atom. The highest BCUT2D eigenvalue weighted by Gasteiger charge is 2.45. The van der Waals surface area contributed by atoms with E-state index in [1.54, 1.807) is 4.90 Å². The standard InChI is InChI=1S/C17H18FN3O2/c18-17(9-4-10-21(11-17)15(22)13-7-8-13)16-19-14(20-23-16)12-5-2-1-3-6-12/h1-3,5-6,13H,4,7-11H2. The predicted molar refractivity (Wildman–Crippen MR) is 81.1 cm³/mol. The topological polar surface area (TPSA) is 59.2 Å². The van der Waals surface area contributed by atoms with Crippen LogP contribution in [0.2, 0.25) is 0 Å². The first kappa shape index (κ1) is 14.4. The number of hydrogen-bond donors (Lipinski definition) is 0. The molecule has 23 heavy (non-hydrogen) atoms. The summed E-state index contributed by atoms with van der Waals surface area (Å²) in [5.41, 5.74) is -0.962. The molecule has 1 atom stereocenters. The second-order valence-electron chi connectivity index (χ2n) is 6.39. The minimum absolute atomic E-state index is 0.0127. The highest BCUT2D eigenvalue weighted by molar-refractivity contribution is 5.81. The normalized spacial score (nSPS) is 24.7. The van der Waals surface area contributed by atoms with Crippen LogP contribution in [0.1, 0.15) is 31.6 Å². The van der Waals surface area contributed by atoms with Gasteiger partial charge in [0.2, 0.25) is 17.4 Å². The SMILES string of the molecule is O=C(C1CC1)N1CCCC(F)(c2nc(-c3ccccc3)no2)C1. The van der Waals surface area contributed by atoms with Crippen LogP contribution < -0.4 is 0 Å². The van der Waals surface area contributed by atoms with Crippen molar-refractivity contribution in [3.8, 4) is 11.4 Å². The zero-order valence-electron chi connectivity index (χ0n) is 12.7. The maximum atomic E-state index is 15.3. The van der Waals surface area contributed by atoms with Gasteiger partial charge in [-0.2, -0.15) is 4.98 Å². The highest BCUT2D eigenvalue weighted by Crippen LogP contribution is 2.38. The molecule has 1 aromatic carbocycles. The van der Waals surface area contributed by atoms with Crippen LogP contribution in [0, 0.1) is 5.92 Å². The van der Waals surface area contributed by atoms with Gasteiger partial charge in [0.25, 0.3) is 5.89 Å². The van der Waals surface area contributed by atoms with Gasteiger partial charge in [-0.15, -0.1) is 0 Å². The quantitative estimate of drug-likeness (QED) is 0.874. The summed E-state index contributed by atoms with van der Waals surface area (Å²) >= 11 is 0. The number of carbonyl (C=O) groups excluding carboxylic acids is 1. The van der Waals surface area contributed by atoms with Gasteiger partial charge >= 0.3 is 0 Å². The summed E-state index contributed by atoms with van der Waals surface area (Å²) in [5, 5.41) is 3.89. The first-order valence-corrected chi connectivity index (χ1v) is 8.03. The Kier molecular flexibility index (Phi) is 3.39. The van der Waals surface area contributed by atoms with E-state index < -0.39 is 5.67 Å². The van der Waals surface area contributed by atoms with E-state index in [9.17, 15) is 4.79 Å². The third kappa shape index (κ3) is 2.73. The predicted octanol–water partition coefficient (Wildman–Crippen LogP) is 2.93. The van der Waals surface area contributed by atoms with Gasteiger partial charge in [-0.05, 0) is 25.7 Å². The smallest absolute Gasteiger partial charge is 0.266 e. The fourth-order valence-corrected chi connectivity index (χ4v) is 3.07. The van der Waals surface area contributed by atoms with E-state index in [4.69, 9.17) is 4.52 Å². The van der Waals surface area contributed by atoms with E-state index in [1.165, 1.54) is 0 Å². The second kappa shape index (κ2) is 5.44. The lowest BCUT2D eigenvalue weighted by Crippen LogP contribution is -2.47. The van der Waals surface area contributed by atoms with Gasteiger partial charge in [-0.3, -0.25) is 4.79 Å². The van der Waals surface area contributed by atoms with Gasteiger partial charge in [-0.1, -0.05) is 35.5 Å². The lowest BCUT2D eigenvalue weighted by Gasteiger charge is -2.35. The van der Waals surface area contributed by atoms with Crippen LogP contribution in [0.25, 0.3) is 11.4 Å². The zero-order valence-corrected chi connectivity index (χ0v) is 12.7. The number of rotatable bonds is 3.